The van der Waals surface area contributed by atoms with Gasteiger partial charge in [0.05, 0.1) is 12.0 Å². The van der Waals surface area contributed by atoms with E-state index in [9.17, 15) is 9.90 Å². The van der Waals surface area contributed by atoms with E-state index in [1.165, 1.54) is 0 Å². The summed E-state index contributed by atoms with van der Waals surface area (Å²) in [4.78, 5) is 10.7. The van der Waals surface area contributed by atoms with Crippen LogP contribution in [0, 0.1) is 17.8 Å². The molecule has 2 aliphatic carbocycles. The summed E-state index contributed by atoms with van der Waals surface area (Å²) in [6.07, 6.45) is 2.28. The highest BCUT2D eigenvalue weighted by Crippen LogP contribution is 2.49. The number of rotatable bonds is 1. The number of fused-ring (bicyclic) bond motifs is 2. The van der Waals surface area contributed by atoms with Crippen molar-refractivity contribution in [3.63, 3.8) is 0 Å². The first-order chi connectivity index (χ1) is 5.20. The Bertz CT molecular complexity index is 190. The Labute approximate surface area is 65.0 Å². The average molecular weight is 156 g/mol. The zero-order valence-electron chi connectivity index (χ0n) is 6.23. The highest BCUT2D eigenvalue weighted by molar-refractivity contribution is 5.71. The van der Waals surface area contributed by atoms with Gasteiger partial charge in [-0.1, -0.05) is 0 Å². The number of aliphatic carboxylic acids is 1. The SMILES string of the molecule is O=C(O)C1[C@H]2CC[C@@H]1C(O)C2. The summed E-state index contributed by atoms with van der Waals surface area (Å²) in [5, 5.41) is 18.2. The fraction of sp³-hybridized carbons (Fsp3) is 0.875. The lowest BCUT2D eigenvalue weighted by Gasteiger charge is -2.14. The molecule has 2 aliphatic rings. The van der Waals surface area contributed by atoms with Crippen LogP contribution in [0.1, 0.15) is 19.3 Å². The number of hydrogen-bond acceptors (Lipinski definition) is 2. The Hall–Kier alpha value is -0.570. The van der Waals surface area contributed by atoms with Crippen LogP contribution in [-0.2, 0) is 4.79 Å². The summed E-state index contributed by atoms with van der Waals surface area (Å²) in [5.41, 5.74) is 0. The fourth-order valence-corrected chi connectivity index (χ4v) is 2.68. The second-order valence-corrected chi connectivity index (χ2v) is 3.67. The summed E-state index contributed by atoms with van der Waals surface area (Å²) in [5.74, 6) is -0.649. The number of aliphatic hydroxyl groups excluding tert-OH is 1. The predicted octanol–water partition coefficient (Wildman–Crippen LogP) is 0.478. The minimum absolute atomic E-state index is 0.0532. The molecule has 2 N–H and O–H groups in total. The first kappa shape index (κ1) is 7.10. The minimum Gasteiger partial charge on any atom is -0.481 e. The highest BCUT2D eigenvalue weighted by Gasteiger charge is 2.50. The summed E-state index contributed by atoms with van der Waals surface area (Å²) in [6.45, 7) is 0. The van der Waals surface area contributed by atoms with Crippen molar-refractivity contribution in [2.24, 2.45) is 17.8 Å². The first-order valence-corrected chi connectivity index (χ1v) is 4.11. The number of carboxylic acids is 1. The van der Waals surface area contributed by atoms with Gasteiger partial charge in [-0.2, -0.15) is 0 Å². The standard InChI is InChI=1S/C8H12O3/c9-6-3-4-1-2-5(6)7(4)8(10)11/h4-7,9H,1-3H2,(H,10,11)/t4-,5+,6?,7?/m0/s1. The first-order valence-electron chi connectivity index (χ1n) is 4.11. The maximum absolute atomic E-state index is 10.7. The lowest BCUT2D eigenvalue weighted by atomic mass is 9.97. The molecule has 3 nitrogen and oxygen atoms in total. The van der Waals surface area contributed by atoms with Gasteiger partial charge in [-0.15, -0.1) is 0 Å². The van der Waals surface area contributed by atoms with Gasteiger partial charge in [0.2, 0.25) is 0 Å². The molecule has 0 heterocycles. The van der Waals surface area contributed by atoms with Crippen molar-refractivity contribution in [1.29, 1.82) is 0 Å². The van der Waals surface area contributed by atoms with Crippen molar-refractivity contribution in [2.75, 3.05) is 0 Å². The Morgan fingerprint density at radius 3 is 2.36 bits per heavy atom. The molecular weight excluding hydrogens is 144 g/mol. The molecule has 0 aromatic heterocycles. The third kappa shape index (κ3) is 0.872. The van der Waals surface area contributed by atoms with E-state index in [-0.39, 0.29) is 23.9 Å². The number of carbonyl (C=O) groups is 1. The van der Waals surface area contributed by atoms with Crippen molar-refractivity contribution in [3.05, 3.63) is 0 Å². The van der Waals surface area contributed by atoms with Crippen molar-refractivity contribution in [3.8, 4) is 0 Å². The van der Waals surface area contributed by atoms with Crippen molar-refractivity contribution in [1.82, 2.24) is 0 Å². The predicted molar refractivity (Wildman–Crippen MR) is 38.0 cm³/mol. The van der Waals surface area contributed by atoms with Gasteiger partial charge in [-0.05, 0) is 31.1 Å². The fourth-order valence-electron chi connectivity index (χ4n) is 2.68. The molecule has 2 rings (SSSR count). The Morgan fingerprint density at radius 1 is 1.36 bits per heavy atom. The molecule has 0 aromatic rings. The van der Waals surface area contributed by atoms with Crippen LogP contribution in [0.3, 0.4) is 0 Å². The van der Waals surface area contributed by atoms with Gasteiger partial charge in [-0.25, -0.2) is 0 Å². The summed E-state index contributed by atoms with van der Waals surface area (Å²) < 4.78 is 0. The molecule has 11 heavy (non-hydrogen) atoms. The van der Waals surface area contributed by atoms with Gasteiger partial charge in [0.25, 0.3) is 0 Å². The molecule has 2 bridgehead atoms. The van der Waals surface area contributed by atoms with Crippen LogP contribution in [0.15, 0.2) is 0 Å². The quantitative estimate of drug-likeness (QED) is 0.580. The van der Waals surface area contributed by atoms with E-state index < -0.39 is 5.97 Å². The molecule has 0 radical (unpaired) electrons. The molecular formula is C8H12O3. The van der Waals surface area contributed by atoms with Crippen LogP contribution in [-0.4, -0.2) is 22.3 Å². The van der Waals surface area contributed by atoms with Crippen LogP contribution >= 0.6 is 0 Å². The largest absolute Gasteiger partial charge is 0.481 e. The van der Waals surface area contributed by atoms with E-state index >= 15 is 0 Å². The minimum atomic E-state index is -0.714. The van der Waals surface area contributed by atoms with Gasteiger partial charge >= 0.3 is 5.97 Å². The second kappa shape index (κ2) is 2.21. The summed E-state index contributed by atoms with van der Waals surface area (Å²) in [7, 11) is 0. The number of carboxylic acid groups (broad SMARTS) is 1. The van der Waals surface area contributed by atoms with E-state index in [1.807, 2.05) is 0 Å². The topological polar surface area (TPSA) is 57.5 Å². The normalized spacial score (nSPS) is 48.1. The molecule has 0 spiro atoms. The highest BCUT2D eigenvalue weighted by atomic mass is 16.4. The molecule has 2 fully saturated rings. The molecule has 0 aromatic carbocycles. The van der Waals surface area contributed by atoms with E-state index in [1.54, 1.807) is 0 Å². The molecule has 0 saturated heterocycles. The number of aliphatic hydroxyl groups is 1. The average Bonchev–Trinajstić information content (AvgIpc) is 2.41. The van der Waals surface area contributed by atoms with E-state index in [0.717, 1.165) is 12.8 Å². The van der Waals surface area contributed by atoms with Gasteiger partial charge in [0.15, 0.2) is 0 Å². The maximum Gasteiger partial charge on any atom is 0.307 e. The summed E-state index contributed by atoms with van der Waals surface area (Å²) >= 11 is 0. The van der Waals surface area contributed by atoms with E-state index in [2.05, 4.69) is 0 Å². The zero-order chi connectivity index (χ0) is 8.01. The maximum atomic E-state index is 10.7. The zero-order valence-corrected chi connectivity index (χ0v) is 6.23. The Balaban J connectivity index is 2.19. The third-order valence-electron chi connectivity index (χ3n) is 3.16. The monoisotopic (exact) mass is 156 g/mol. The number of hydrogen-bond donors (Lipinski definition) is 2. The molecule has 62 valence electrons. The molecule has 0 amide bonds. The Morgan fingerprint density at radius 2 is 2.09 bits per heavy atom. The third-order valence-corrected chi connectivity index (χ3v) is 3.16. The van der Waals surface area contributed by atoms with E-state index in [4.69, 9.17) is 5.11 Å². The molecule has 2 unspecified atom stereocenters. The van der Waals surface area contributed by atoms with Crippen molar-refractivity contribution >= 4 is 5.97 Å². The second-order valence-electron chi connectivity index (χ2n) is 3.67. The molecule has 2 saturated carbocycles. The lowest BCUT2D eigenvalue weighted by Crippen LogP contribution is -2.22. The molecule has 3 heteroatoms. The van der Waals surface area contributed by atoms with Crippen molar-refractivity contribution < 1.29 is 15.0 Å². The van der Waals surface area contributed by atoms with Crippen molar-refractivity contribution in [2.45, 2.75) is 25.4 Å². The Kier molecular flexibility index (Phi) is 1.42. The van der Waals surface area contributed by atoms with Gasteiger partial charge in [0, 0.05) is 0 Å². The molecule has 0 aliphatic heterocycles. The van der Waals surface area contributed by atoms with Gasteiger partial charge in [0.1, 0.15) is 0 Å². The van der Waals surface area contributed by atoms with Crippen LogP contribution in [0.5, 0.6) is 0 Å². The smallest absolute Gasteiger partial charge is 0.307 e. The van der Waals surface area contributed by atoms with Gasteiger partial charge < -0.3 is 10.2 Å². The summed E-state index contributed by atoms with van der Waals surface area (Å²) in [6, 6.07) is 0. The lowest BCUT2D eigenvalue weighted by molar-refractivity contribution is -0.143. The van der Waals surface area contributed by atoms with E-state index in [0.29, 0.717) is 6.42 Å². The van der Waals surface area contributed by atoms with Crippen LogP contribution in [0.2, 0.25) is 0 Å². The molecule has 4 atom stereocenters. The van der Waals surface area contributed by atoms with Crippen LogP contribution < -0.4 is 0 Å². The van der Waals surface area contributed by atoms with Crippen LogP contribution in [0.25, 0.3) is 0 Å². The van der Waals surface area contributed by atoms with Crippen LogP contribution in [0.4, 0.5) is 0 Å². The van der Waals surface area contributed by atoms with Gasteiger partial charge in [-0.3, -0.25) is 4.79 Å².